The van der Waals surface area contributed by atoms with Crippen molar-refractivity contribution in [3.05, 3.63) is 65.1 Å². The number of ether oxygens (including phenoxy) is 2. The number of methoxy groups -OCH3 is 1. The summed E-state index contributed by atoms with van der Waals surface area (Å²) in [5.41, 5.74) is 0.291. The van der Waals surface area contributed by atoms with Crippen LogP contribution in [0.2, 0.25) is 0 Å². The van der Waals surface area contributed by atoms with Gasteiger partial charge in [0.1, 0.15) is 17.2 Å². The van der Waals surface area contributed by atoms with Crippen LogP contribution in [-0.2, 0) is 11.3 Å². The Labute approximate surface area is 155 Å². The molecule has 0 bridgehead atoms. The third-order valence-corrected chi connectivity index (χ3v) is 3.70. The predicted molar refractivity (Wildman–Crippen MR) is 97.7 cm³/mol. The lowest BCUT2D eigenvalue weighted by molar-refractivity contribution is -0.123. The lowest BCUT2D eigenvalue weighted by Gasteiger charge is -2.09. The van der Waals surface area contributed by atoms with Gasteiger partial charge in [0.15, 0.2) is 12.4 Å². The summed E-state index contributed by atoms with van der Waals surface area (Å²) in [6.45, 7) is 0.342. The second-order valence-electron chi connectivity index (χ2n) is 5.57. The predicted octanol–water partition coefficient (Wildman–Crippen LogP) is 1.71. The maximum absolute atomic E-state index is 11.9. The van der Waals surface area contributed by atoms with Crippen molar-refractivity contribution in [3.8, 4) is 23.0 Å². The largest absolute Gasteiger partial charge is 0.497 e. The van der Waals surface area contributed by atoms with Gasteiger partial charge in [-0.1, -0.05) is 6.07 Å². The minimum Gasteiger partial charge on any atom is -0.497 e. The van der Waals surface area contributed by atoms with Crippen LogP contribution in [0.3, 0.4) is 0 Å². The topological polar surface area (TPSA) is 95.6 Å². The summed E-state index contributed by atoms with van der Waals surface area (Å²) in [5, 5.41) is 6.93. The van der Waals surface area contributed by atoms with E-state index in [9.17, 15) is 9.59 Å². The van der Waals surface area contributed by atoms with E-state index in [0.29, 0.717) is 23.0 Å². The summed E-state index contributed by atoms with van der Waals surface area (Å²) in [7, 11) is 1.56. The number of aromatic nitrogens is 2. The second kappa shape index (κ2) is 8.70. The molecule has 8 nitrogen and oxygen atoms in total. The summed E-state index contributed by atoms with van der Waals surface area (Å²) >= 11 is 0. The van der Waals surface area contributed by atoms with Crippen LogP contribution in [0.15, 0.2) is 64.0 Å². The normalized spacial score (nSPS) is 10.4. The molecule has 8 heteroatoms. The molecule has 1 aromatic carbocycles. The molecule has 140 valence electrons. The van der Waals surface area contributed by atoms with Gasteiger partial charge in [-0.05, 0) is 30.3 Å². The van der Waals surface area contributed by atoms with E-state index >= 15 is 0 Å². The number of nitrogens with one attached hydrogen (secondary N) is 1. The fourth-order valence-electron chi connectivity index (χ4n) is 2.36. The monoisotopic (exact) mass is 369 g/mol. The van der Waals surface area contributed by atoms with Gasteiger partial charge in [0.25, 0.3) is 11.5 Å². The highest BCUT2D eigenvalue weighted by molar-refractivity contribution is 5.77. The Balaban J connectivity index is 1.50. The highest BCUT2D eigenvalue weighted by atomic mass is 16.5. The van der Waals surface area contributed by atoms with Gasteiger partial charge in [-0.3, -0.25) is 9.59 Å². The Morgan fingerprint density at radius 3 is 2.81 bits per heavy atom. The summed E-state index contributed by atoms with van der Waals surface area (Å²) in [5.74, 6) is 1.45. The minimum atomic E-state index is -0.298. The van der Waals surface area contributed by atoms with Gasteiger partial charge in [0, 0.05) is 18.7 Å². The standard InChI is InChI=1S/C19H19N3O5/c1-25-14-4-2-5-15(12-14)27-13-18(23)20-9-10-22-19(24)8-7-16(21-22)17-6-3-11-26-17/h2-8,11-12H,9-10,13H2,1H3,(H,20,23). The molecule has 3 aromatic rings. The van der Waals surface area contributed by atoms with E-state index in [0.717, 1.165) is 0 Å². The van der Waals surface area contributed by atoms with E-state index < -0.39 is 0 Å². The summed E-state index contributed by atoms with van der Waals surface area (Å²) in [4.78, 5) is 23.8. The van der Waals surface area contributed by atoms with Gasteiger partial charge in [0.05, 0.1) is 19.9 Å². The first-order chi connectivity index (χ1) is 13.2. The van der Waals surface area contributed by atoms with Crippen LogP contribution in [0.1, 0.15) is 0 Å². The van der Waals surface area contributed by atoms with Crippen LogP contribution in [-0.4, -0.2) is 35.9 Å². The number of carbonyl (C=O) groups excluding carboxylic acids is 1. The maximum atomic E-state index is 11.9. The number of hydrogen-bond acceptors (Lipinski definition) is 6. The second-order valence-corrected chi connectivity index (χ2v) is 5.57. The van der Waals surface area contributed by atoms with Crippen LogP contribution in [0, 0.1) is 0 Å². The summed E-state index contributed by atoms with van der Waals surface area (Å²) in [6, 6.07) is 13.5. The molecule has 0 saturated carbocycles. The SMILES string of the molecule is COc1cccc(OCC(=O)NCCn2nc(-c3ccco3)ccc2=O)c1. The van der Waals surface area contributed by atoms with Crippen molar-refractivity contribution in [3.63, 3.8) is 0 Å². The van der Waals surface area contributed by atoms with Crippen LogP contribution in [0.25, 0.3) is 11.5 Å². The number of amides is 1. The molecule has 3 rings (SSSR count). The van der Waals surface area contributed by atoms with Gasteiger partial charge < -0.3 is 19.2 Å². The van der Waals surface area contributed by atoms with Crippen molar-refractivity contribution in [1.29, 1.82) is 0 Å². The molecule has 0 aliphatic rings. The average Bonchev–Trinajstić information content (AvgIpc) is 3.23. The van der Waals surface area contributed by atoms with Gasteiger partial charge in [0.2, 0.25) is 0 Å². The number of nitrogens with zero attached hydrogens (tertiary/aromatic N) is 2. The molecular weight excluding hydrogens is 350 g/mol. The molecule has 0 fully saturated rings. The number of rotatable bonds is 8. The highest BCUT2D eigenvalue weighted by Crippen LogP contribution is 2.18. The van der Waals surface area contributed by atoms with Crippen molar-refractivity contribution in [2.24, 2.45) is 0 Å². The third kappa shape index (κ3) is 4.97. The van der Waals surface area contributed by atoms with Crippen LogP contribution in [0.4, 0.5) is 0 Å². The molecule has 0 atom stereocenters. The van der Waals surface area contributed by atoms with E-state index in [1.807, 2.05) is 0 Å². The highest BCUT2D eigenvalue weighted by Gasteiger charge is 2.07. The number of furan rings is 1. The van der Waals surface area contributed by atoms with E-state index in [1.165, 1.54) is 17.0 Å². The van der Waals surface area contributed by atoms with E-state index in [2.05, 4.69) is 10.4 Å². The zero-order valence-electron chi connectivity index (χ0n) is 14.8. The molecule has 27 heavy (non-hydrogen) atoms. The lowest BCUT2D eigenvalue weighted by Crippen LogP contribution is -2.34. The zero-order chi connectivity index (χ0) is 19.1. The zero-order valence-corrected chi connectivity index (χ0v) is 14.8. The molecule has 0 radical (unpaired) electrons. The number of hydrogen-bond donors (Lipinski definition) is 1. The Kier molecular flexibility index (Phi) is 5.88. The number of benzene rings is 1. The Morgan fingerprint density at radius 2 is 2.04 bits per heavy atom. The minimum absolute atomic E-state index is 0.137. The quantitative estimate of drug-likeness (QED) is 0.649. The summed E-state index contributed by atoms with van der Waals surface area (Å²) in [6.07, 6.45) is 1.54. The Morgan fingerprint density at radius 1 is 1.19 bits per heavy atom. The molecule has 0 saturated heterocycles. The molecule has 1 N–H and O–H groups in total. The molecular formula is C19H19N3O5. The molecule has 0 spiro atoms. The van der Waals surface area contributed by atoms with Crippen molar-refractivity contribution in [2.75, 3.05) is 20.3 Å². The molecule has 1 amide bonds. The van der Waals surface area contributed by atoms with Crippen molar-refractivity contribution in [1.82, 2.24) is 15.1 Å². The van der Waals surface area contributed by atoms with Gasteiger partial charge >= 0.3 is 0 Å². The maximum Gasteiger partial charge on any atom is 0.266 e. The van der Waals surface area contributed by atoms with Gasteiger partial charge in [-0.2, -0.15) is 5.10 Å². The Bertz CT molecular complexity index is 950. The van der Waals surface area contributed by atoms with Crippen LogP contribution < -0.4 is 20.3 Å². The molecule has 2 heterocycles. The van der Waals surface area contributed by atoms with Crippen molar-refractivity contribution < 1.29 is 18.7 Å². The smallest absolute Gasteiger partial charge is 0.266 e. The van der Waals surface area contributed by atoms with Crippen molar-refractivity contribution in [2.45, 2.75) is 6.54 Å². The fraction of sp³-hybridized carbons (Fsp3) is 0.211. The molecule has 0 aliphatic heterocycles. The lowest BCUT2D eigenvalue weighted by atomic mass is 10.3. The van der Waals surface area contributed by atoms with E-state index in [-0.39, 0.29) is 31.2 Å². The third-order valence-electron chi connectivity index (χ3n) is 3.70. The van der Waals surface area contributed by atoms with Crippen LogP contribution >= 0.6 is 0 Å². The van der Waals surface area contributed by atoms with E-state index in [4.69, 9.17) is 13.9 Å². The van der Waals surface area contributed by atoms with Crippen LogP contribution in [0.5, 0.6) is 11.5 Å². The van der Waals surface area contributed by atoms with E-state index in [1.54, 1.807) is 49.6 Å². The molecule has 0 unspecified atom stereocenters. The van der Waals surface area contributed by atoms with Crippen molar-refractivity contribution >= 4 is 5.91 Å². The summed E-state index contributed by atoms with van der Waals surface area (Å²) < 4.78 is 17.1. The Hall–Kier alpha value is -3.55. The molecule has 0 aliphatic carbocycles. The first-order valence-electron chi connectivity index (χ1n) is 8.31. The fourth-order valence-corrected chi connectivity index (χ4v) is 2.36. The average molecular weight is 369 g/mol. The molecule has 2 aromatic heterocycles. The first-order valence-corrected chi connectivity index (χ1v) is 8.31. The van der Waals surface area contributed by atoms with Gasteiger partial charge in [-0.25, -0.2) is 4.68 Å². The first kappa shape index (κ1) is 18.2. The number of carbonyl (C=O) groups is 1. The van der Waals surface area contributed by atoms with Gasteiger partial charge in [-0.15, -0.1) is 0 Å².